The van der Waals surface area contributed by atoms with Crippen LogP contribution in [0.4, 0.5) is 5.82 Å². The van der Waals surface area contributed by atoms with Gasteiger partial charge in [-0.2, -0.15) is 5.10 Å². The summed E-state index contributed by atoms with van der Waals surface area (Å²) in [5.41, 5.74) is 3.56. The Morgan fingerprint density at radius 2 is 2.00 bits per heavy atom. The van der Waals surface area contributed by atoms with Crippen molar-refractivity contribution < 1.29 is 14.3 Å². The van der Waals surface area contributed by atoms with Crippen LogP contribution in [0.3, 0.4) is 0 Å². The fourth-order valence-electron chi connectivity index (χ4n) is 3.25. The highest BCUT2D eigenvalue weighted by atomic mass is 16.6. The van der Waals surface area contributed by atoms with E-state index in [9.17, 15) is 4.79 Å². The van der Waals surface area contributed by atoms with Gasteiger partial charge in [0.05, 0.1) is 30.2 Å². The number of anilines is 1. The van der Waals surface area contributed by atoms with E-state index in [4.69, 9.17) is 9.47 Å². The first kappa shape index (κ1) is 16.4. The standard InChI is InChI=1S/C20H17N5O3/c26-19(8-12-1-4-17-18(7-12)28-6-5-27-17)23-20-14-9-13(16-10-21-11-22-16)2-3-15(14)24-25-20/h1-4,7,9-11H,5-6,8H2,(H,21,22)(H2,23,24,25,26). The molecule has 0 fully saturated rings. The number of amides is 1. The number of rotatable bonds is 4. The number of fused-ring (bicyclic) bond motifs is 2. The van der Waals surface area contributed by atoms with Crippen LogP contribution in [0.1, 0.15) is 5.56 Å². The number of aromatic nitrogens is 4. The highest BCUT2D eigenvalue weighted by Crippen LogP contribution is 2.31. The molecular formula is C20H17N5O3. The molecule has 1 aliphatic rings. The van der Waals surface area contributed by atoms with Gasteiger partial charge in [-0.1, -0.05) is 12.1 Å². The van der Waals surface area contributed by atoms with Gasteiger partial charge >= 0.3 is 0 Å². The molecular weight excluding hydrogens is 358 g/mol. The number of hydrogen-bond donors (Lipinski definition) is 3. The topological polar surface area (TPSA) is 105 Å². The van der Waals surface area contributed by atoms with Gasteiger partial charge in [0.15, 0.2) is 17.3 Å². The first-order valence-electron chi connectivity index (χ1n) is 8.91. The minimum Gasteiger partial charge on any atom is -0.486 e. The summed E-state index contributed by atoms with van der Waals surface area (Å²) in [5, 5.41) is 10.9. The van der Waals surface area contributed by atoms with Gasteiger partial charge in [-0.3, -0.25) is 9.89 Å². The Morgan fingerprint density at radius 3 is 2.86 bits per heavy atom. The predicted molar refractivity (Wildman–Crippen MR) is 103 cm³/mol. The Bertz CT molecular complexity index is 1150. The average molecular weight is 375 g/mol. The molecule has 28 heavy (non-hydrogen) atoms. The lowest BCUT2D eigenvalue weighted by molar-refractivity contribution is -0.115. The van der Waals surface area contributed by atoms with Crippen molar-refractivity contribution in [3.8, 4) is 22.8 Å². The predicted octanol–water partition coefficient (Wildman–Crippen LogP) is 2.91. The minimum atomic E-state index is -0.156. The maximum absolute atomic E-state index is 12.6. The van der Waals surface area contributed by atoms with E-state index in [1.165, 1.54) is 0 Å². The zero-order valence-electron chi connectivity index (χ0n) is 14.9. The molecule has 0 radical (unpaired) electrons. The third kappa shape index (κ3) is 3.05. The van der Waals surface area contributed by atoms with Crippen LogP contribution in [0.2, 0.25) is 0 Å². The zero-order chi connectivity index (χ0) is 18.9. The van der Waals surface area contributed by atoms with E-state index in [0.29, 0.717) is 30.5 Å². The largest absolute Gasteiger partial charge is 0.486 e. The minimum absolute atomic E-state index is 0.156. The van der Waals surface area contributed by atoms with Crippen molar-refractivity contribution in [3.05, 3.63) is 54.5 Å². The van der Waals surface area contributed by atoms with E-state index in [1.807, 2.05) is 36.4 Å². The van der Waals surface area contributed by atoms with Crippen molar-refractivity contribution in [1.29, 1.82) is 0 Å². The van der Waals surface area contributed by atoms with Gasteiger partial charge in [0.1, 0.15) is 13.2 Å². The maximum atomic E-state index is 12.6. The Morgan fingerprint density at radius 1 is 1.11 bits per heavy atom. The molecule has 0 saturated carbocycles. The summed E-state index contributed by atoms with van der Waals surface area (Å²) in [7, 11) is 0. The number of nitrogens with one attached hydrogen (secondary N) is 3. The molecule has 0 atom stereocenters. The molecule has 0 bridgehead atoms. The first-order valence-corrected chi connectivity index (χ1v) is 8.91. The van der Waals surface area contributed by atoms with Crippen molar-refractivity contribution in [1.82, 2.24) is 20.2 Å². The summed E-state index contributed by atoms with van der Waals surface area (Å²) in [6.45, 7) is 1.06. The summed E-state index contributed by atoms with van der Waals surface area (Å²) in [4.78, 5) is 19.7. The summed E-state index contributed by atoms with van der Waals surface area (Å²) in [5.74, 6) is 1.72. The zero-order valence-corrected chi connectivity index (χ0v) is 14.9. The molecule has 140 valence electrons. The number of aromatic amines is 2. The molecule has 8 nitrogen and oxygen atoms in total. The van der Waals surface area contributed by atoms with Gasteiger partial charge < -0.3 is 19.8 Å². The molecule has 4 aromatic rings. The van der Waals surface area contributed by atoms with Gasteiger partial charge in [0.2, 0.25) is 5.91 Å². The van der Waals surface area contributed by atoms with Crippen LogP contribution in [-0.2, 0) is 11.2 Å². The Labute approximate surface area is 159 Å². The van der Waals surface area contributed by atoms with E-state index in [1.54, 1.807) is 12.5 Å². The number of hydrogen-bond acceptors (Lipinski definition) is 5. The van der Waals surface area contributed by atoms with E-state index in [2.05, 4.69) is 25.5 Å². The number of imidazole rings is 1. The summed E-state index contributed by atoms with van der Waals surface area (Å²) in [6.07, 6.45) is 3.59. The SMILES string of the molecule is O=C(Cc1ccc2c(c1)OCCO2)Nc1n[nH]c2ccc(-c3cnc[nH]3)cc12. The number of nitrogens with zero attached hydrogens (tertiary/aromatic N) is 2. The lowest BCUT2D eigenvalue weighted by Gasteiger charge is -2.18. The number of benzene rings is 2. The van der Waals surface area contributed by atoms with Crippen LogP contribution >= 0.6 is 0 Å². The summed E-state index contributed by atoms with van der Waals surface area (Å²) < 4.78 is 11.1. The lowest BCUT2D eigenvalue weighted by atomic mass is 10.1. The normalized spacial score (nSPS) is 12.9. The molecule has 0 spiro atoms. The third-order valence-electron chi connectivity index (χ3n) is 4.60. The number of carbonyl (C=O) groups excluding carboxylic acids is 1. The quantitative estimate of drug-likeness (QED) is 0.509. The van der Waals surface area contributed by atoms with Crippen LogP contribution in [0, 0.1) is 0 Å². The molecule has 0 saturated heterocycles. The van der Waals surface area contributed by atoms with Gasteiger partial charge in [-0.25, -0.2) is 4.98 Å². The molecule has 1 aliphatic heterocycles. The molecule has 5 rings (SSSR count). The molecule has 0 aliphatic carbocycles. The van der Waals surface area contributed by atoms with Crippen molar-refractivity contribution in [2.24, 2.45) is 0 Å². The summed E-state index contributed by atoms with van der Waals surface area (Å²) >= 11 is 0. The van der Waals surface area contributed by atoms with Crippen LogP contribution in [0.15, 0.2) is 48.9 Å². The van der Waals surface area contributed by atoms with E-state index >= 15 is 0 Å². The van der Waals surface area contributed by atoms with Crippen molar-refractivity contribution >= 4 is 22.6 Å². The molecule has 0 unspecified atom stereocenters. The van der Waals surface area contributed by atoms with Crippen LogP contribution in [-0.4, -0.2) is 39.3 Å². The number of carbonyl (C=O) groups is 1. The molecule has 8 heteroatoms. The lowest BCUT2D eigenvalue weighted by Crippen LogP contribution is -2.17. The highest BCUT2D eigenvalue weighted by molar-refractivity contribution is 6.01. The maximum Gasteiger partial charge on any atom is 0.230 e. The second kappa shape index (κ2) is 6.73. The van der Waals surface area contributed by atoms with Gasteiger partial charge in [-0.15, -0.1) is 0 Å². The van der Waals surface area contributed by atoms with E-state index in [-0.39, 0.29) is 12.3 Å². The number of H-pyrrole nitrogens is 2. The van der Waals surface area contributed by atoms with Gasteiger partial charge in [0.25, 0.3) is 0 Å². The second-order valence-electron chi connectivity index (χ2n) is 6.50. The van der Waals surface area contributed by atoms with Crippen molar-refractivity contribution in [2.75, 3.05) is 18.5 Å². The molecule has 1 amide bonds. The fraction of sp³-hybridized carbons (Fsp3) is 0.150. The Kier molecular flexibility index (Phi) is 3.93. The molecule has 2 aromatic heterocycles. The molecule has 3 N–H and O–H groups in total. The molecule has 3 heterocycles. The third-order valence-corrected chi connectivity index (χ3v) is 4.60. The van der Waals surface area contributed by atoms with E-state index < -0.39 is 0 Å². The Balaban J connectivity index is 1.36. The monoisotopic (exact) mass is 375 g/mol. The van der Waals surface area contributed by atoms with Gasteiger partial charge in [-0.05, 0) is 29.8 Å². The van der Waals surface area contributed by atoms with Crippen LogP contribution < -0.4 is 14.8 Å². The van der Waals surface area contributed by atoms with Crippen LogP contribution in [0.25, 0.3) is 22.2 Å². The smallest absolute Gasteiger partial charge is 0.230 e. The molecule has 2 aromatic carbocycles. The Hall–Kier alpha value is -3.81. The number of ether oxygens (including phenoxy) is 2. The van der Waals surface area contributed by atoms with Gasteiger partial charge in [0, 0.05) is 10.9 Å². The average Bonchev–Trinajstić information content (AvgIpc) is 3.38. The fourth-order valence-corrected chi connectivity index (χ4v) is 3.25. The highest BCUT2D eigenvalue weighted by Gasteiger charge is 2.15. The van der Waals surface area contributed by atoms with Crippen molar-refractivity contribution in [2.45, 2.75) is 6.42 Å². The first-order chi connectivity index (χ1) is 13.8. The van der Waals surface area contributed by atoms with E-state index in [0.717, 1.165) is 27.7 Å². The summed E-state index contributed by atoms with van der Waals surface area (Å²) in [6, 6.07) is 11.4. The second-order valence-corrected chi connectivity index (χ2v) is 6.50. The van der Waals surface area contributed by atoms with Crippen LogP contribution in [0.5, 0.6) is 11.5 Å². The van der Waals surface area contributed by atoms with Crippen molar-refractivity contribution in [3.63, 3.8) is 0 Å².